The molecule has 0 aliphatic carbocycles. The topological polar surface area (TPSA) is 87.7 Å². The highest BCUT2D eigenvalue weighted by molar-refractivity contribution is 5.74. The van der Waals surface area contributed by atoms with E-state index in [0.717, 1.165) is 16.9 Å². The van der Waals surface area contributed by atoms with Gasteiger partial charge in [-0.2, -0.15) is 0 Å². The lowest BCUT2D eigenvalue weighted by Crippen LogP contribution is -2.39. The highest BCUT2D eigenvalue weighted by Crippen LogP contribution is 2.21. The van der Waals surface area contributed by atoms with Crippen molar-refractivity contribution < 1.29 is 19.4 Å². The summed E-state index contributed by atoms with van der Waals surface area (Å²) in [7, 11) is 1.61. The van der Waals surface area contributed by atoms with Crippen LogP contribution in [0.25, 0.3) is 0 Å². The van der Waals surface area contributed by atoms with E-state index in [9.17, 15) is 9.59 Å². The summed E-state index contributed by atoms with van der Waals surface area (Å²) in [5, 5.41) is 14.3. The highest BCUT2D eigenvalue weighted by Gasteiger charge is 2.15. The summed E-state index contributed by atoms with van der Waals surface area (Å²) in [6, 6.07) is 17.0. The molecule has 3 N–H and O–H groups in total. The lowest BCUT2D eigenvalue weighted by atomic mass is 9.99. The number of carbonyl (C=O) groups is 2. The van der Waals surface area contributed by atoms with E-state index in [-0.39, 0.29) is 18.5 Å². The van der Waals surface area contributed by atoms with E-state index in [1.807, 2.05) is 54.6 Å². The van der Waals surface area contributed by atoms with Crippen molar-refractivity contribution in [1.82, 2.24) is 10.6 Å². The minimum atomic E-state index is -0.868. The van der Waals surface area contributed by atoms with Crippen molar-refractivity contribution in [2.45, 2.75) is 25.3 Å². The Hall–Kier alpha value is -3.02. The molecule has 26 heavy (non-hydrogen) atoms. The molecule has 0 spiro atoms. The quantitative estimate of drug-likeness (QED) is 0.602. The van der Waals surface area contributed by atoms with Gasteiger partial charge in [0, 0.05) is 13.0 Å². The number of hydrogen-bond donors (Lipinski definition) is 3. The van der Waals surface area contributed by atoms with Gasteiger partial charge in [0.15, 0.2) is 0 Å². The number of carbonyl (C=O) groups excluding carboxylic acids is 1. The Balaban J connectivity index is 2.02. The smallest absolute Gasteiger partial charge is 0.315 e. The third-order valence-corrected chi connectivity index (χ3v) is 3.96. The minimum Gasteiger partial charge on any atom is -0.497 e. The summed E-state index contributed by atoms with van der Waals surface area (Å²) >= 11 is 0. The van der Waals surface area contributed by atoms with Crippen LogP contribution < -0.4 is 15.4 Å². The van der Waals surface area contributed by atoms with Gasteiger partial charge in [0.05, 0.1) is 13.2 Å². The Kier molecular flexibility index (Phi) is 7.49. The molecule has 2 rings (SSSR count). The predicted octanol–water partition coefficient (Wildman–Crippen LogP) is 3.14. The van der Waals surface area contributed by atoms with Gasteiger partial charge >= 0.3 is 12.0 Å². The molecule has 0 fully saturated rings. The second-order valence-electron chi connectivity index (χ2n) is 5.91. The minimum absolute atomic E-state index is 0.0339. The molecule has 6 heteroatoms. The van der Waals surface area contributed by atoms with E-state index in [4.69, 9.17) is 9.84 Å². The molecular formula is C20H24N2O4. The molecule has 0 radical (unpaired) electrons. The van der Waals surface area contributed by atoms with Crippen molar-refractivity contribution in [3.05, 3.63) is 65.7 Å². The maximum Gasteiger partial charge on any atom is 0.315 e. The first-order chi connectivity index (χ1) is 12.6. The van der Waals surface area contributed by atoms with Gasteiger partial charge < -0.3 is 20.5 Å². The SMILES string of the molecule is COc1ccc(C(Cc2ccccc2)NC(=O)NCCCC(=O)O)cc1. The Morgan fingerprint density at radius 1 is 1.08 bits per heavy atom. The molecule has 1 atom stereocenters. The molecule has 138 valence electrons. The Morgan fingerprint density at radius 3 is 2.38 bits per heavy atom. The Morgan fingerprint density at radius 2 is 1.77 bits per heavy atom. The van der Waals surface area contributed by atoms with Gasteiger partial charge in [0.2, 0.25) is 0 Å². The van der Waals surface area contributed by atoms with Gasteiger partial charge in [-0.05, 0) is 36.1 Å². The van der Waals surface area contributed by atoms with Crippen LogP contribution in [0.4, 0.5) is 4.79 Å². The molecule has 0 bridgehead atoms. The van der Waals surface area contributed by atoms with Gasteiger partial charge in [-0.3, -0.25) is 4.79 Å². The van der Waals surface area contributed by atoms with Gasteiger partial charge in [0.1, 0.15) is 5.75 Å². The van der Waals surface area contributed by atoms with Crippen molar-refractivity contribution in [2.24, 2.45) is 0 Å². The first-order valence-corrected chi connectivity index (χ1v) is 8.52. The number of nitrogens with one attached hydrogen (secondary N) is 2. The molecule has 6 nitrogen and oxygen atoms in total. The molecule has 0 saturated carbocycles. The number of rotatable bonds is 9. The van der Waals surface area contributed by atoms with E-state index < -0.39 is 5.97 Å². The monoisotopic (exact) mass is 356 g/mol. The number of carboxylic acid groups (broad SMARTS) is 1. The number of carboxylic acids is 1. The summed E-state index contributed by atoms with van der Waals surface area (Å²) in [4.78, 5) is 22.7. The molecule has 0 saturated heterocycles. The summed E-state index contributed by atoms with van der Waals surface area (Å²) in [5.41, 5.74) is 2.08. The number of hydrogen-bond acceptors (Lipinski definition) is 3. The summed E-state index contributed by atoms with van der Waals surface area (Å²) in [6.45, 7) is 0.318. The molecule has 1 unspecified atom stereocenters. The van der Waals surface area contributed by atoms with Gasteiger partial charge in [-0.25, -0.2) is 4.79 Å². The van der Waals surface area contributed by atoms with Crippen LogP contribution in [0.1, 0.15) is 30.0 Å². The number of benzene rings is 2. The van der Waals surface area contributed by atoms with Crippen LogP contribution in [0, 0.1) is 0 Å². The molecule has 0 aliphatic rings. The van der Waals surface area contributed by atoms with Gasteiger partial charge in [-0.15, -0.1) is 0 Å². The zero-order valence-corrected chi connectivity index (χ0v) is 14.8. The summed E-state index contributed by atoms with van der Waals surface area (Å²) in [5.74, 6) is -0.113. The zero-order valence-electron chi connectivity index (χ0n) is 14.8. The van der Waals surface area contributed by atoms with E-state index in [1.165, 1.54) is 0 Å². The fourth-order valence-corrected chi connectivity index (χ4v) is 2.59. The van der Waals surface area contributed by atoms with Crippen LogP contribution in [0.3, 0.4) is 0 Å². The molecule has 2 aromatic carbocycles. The fourth-order valence-electron chi connectivity index (χ4n) is 2.59. The fraction of sp³-hybridized carbons (Fsp3) is 0.300. The summed E-state index contributed by atoms with van der Waals surface area (Å²) < 4.78 is 5.19. The van der Waals surface area contributed by atoms with Gasteiger partial charge in [0.25, 0.3) is 0 Å². The normalized spacial score (nSPS) is 11.4. The third-order valence-electron chi connectivity index (χ3n) is 3.96. The molecule has 0 aromatic heterocycles. The Labute approximate surface area is 153 Å². The van der Waals surface area contributed by atoms with Crippen molar-refractivity contribution in [3.63, 3.8) is 0 Å². The highest BCUT2D eigenvalue weighted by atomic mass is 16.5. The first kappa shape index (κ1) is 19.3. The van der Waals surface area contributed by atoms with Crippen LogP contribution in [0.2, 0.25) is 0 Å². The third kappa shape index (κ3) is 6.47. The maximum absolute atomic E-state index is 12.2. The lowest BCUT2D eigenvalue weighted by molar-refractivity contribution is -0.137. The van der Waals surface area contributed by atoms with Crippen LogP contribution in [0.5, 0.6) is 5.75 Å². The molecular weight excluding hydrogens is 332 g/mol. The molecule has 2 amide bonds. The van der Waals surface area contributed by atoms with Crippen LogP contribution in [0.15, 0.2) is 54.6 Å². The lowest BCUT2D eigenvalue weighted by Gasteiger charge is -2.20. The van der Waals surface area contributed by atoms with E-state index in [2.05, 4.69) is 10.6 Å². The van der Waals surface area contributed by atoms with Crippen molar-refractivity contribution in [2.75, 3.05) is 13.7 Å². The van der Waals surface area contributed by atoms with Crippen LogP contribution in [-0.4, -0.2) is 30.8 Å². The number of methoxy groups -OCH3 is 1. The van der Waals surface area contributed by atoms with Crippen molar-refractivity contribution >= 4 is 12.0 Å². The average Bonchev–Trinajstić information content (AvgIpc) is 2.65. The summed E-state index contributed by atoms with van der Waals surface area (Å²) in [6.07, 6.45) is 1.08. The average molecular weight is 356 g/mol. The predicted molar refractivity (Wildman–Crippen MR) is 99.3 cm³/mol. The molecule has 2 aromatic rings. The maximum atomic E-state index is 12.2. The Bertz CT molecular complexity index is 702. The van der Waals surface area contributed by atoms with Crippen molar-refractivity contribution in [3.8, 4) is 5.75 Å². The van der Waals surface area contributed by atoms with E-state index in [0.29, 0.717) is 19.4 Å². The number of aliphatic carboxylic acids is 1. The zero-order chi connectivity index (χ0) is 18.8. The van der Waals surface area contributed by atoms with Crippen LogP contribution >= 0.6 is 0 Å². The number of ether oxygens (including phenoxy) is 1. The number of urea groups is 1. The second kappa shape index (κ2) is 10.1. The van der Waals surface area contributed by atoms with Gasteiger partial charge in [-0.1, -0.05) is 42.5 Å². The first-order valence-electron chi connectivity index (χ1n) is 8.52. The van der Waals surface area contributed by atoms with E-state index >= 15 is 0 Å². The molecule has 0 heterocycles. The molecule has 0 aliphatic heterocycles. The van der Waals surface area contributed by atoms with E-state index in [1.54, 1.807) is 7.11 Å². The van der Waals surface area contributed by atoms with Crippen molar-refractivity contribution in [1.29, 1.82) is 0 Å². The number of amides is 2. The largest absolute Gasteiger partial charge is 0.497 e. The second-order valence-corrected chi connectivity index (χ2v) is 5.91. The standard InChI is InChI=1S/C20H24N2O4/c1-26-17-11-9-16(10-12-17)18(14-15-6-3-2-4-7-15)22-20(25)21-13-5-8-19(23)24/h2-4,6-7,9-12,18H,5,8,13-14H2,1H3,(H,23,24)(H2,21,22,25). The van der Waals surface area contributed by atoms with Crippen LogP contribution in [-0.2, 0) is 11.2 Å².